The summed E-state index contributed by atoms with van der Waals surface area (Å²) in [4.78, 5) is 27.2. The summed E-state index contributed by atoms with van der Waals surface area (Å²) in [5, 5.41) is 9.67. The van der Waals surface area contributed by atoms with E-state index in [2.05, 4.69) is 32.0 Å². The SMILES string of the molecule is Cc1ccc(SCCC(=O)N2C[C@H]3COCC[C@@]3(C(=O)O)C2)cc1C. The topological polar surface area (TPSA) is 66.8 Å². The predicted octanol–water partition coefficient (Wildman–Crippen LogP) is 2.74. The Kier molecular flexibility index (Phi) is 5.39. The summed E-state index contributed by atoms with van der Waals surface area (Å²) in [6.45, 7) is 5.90. The molecular weight excluding hydrogens is 338 g/mol. The molecule has 0 saturated carbocycles. The van der Waals surface area contributed by atoms with Crippen LogP contribution in [0.1, 0.15) is 24.0 Å². The van der Waals surface area contributed by atoms with Gasteiger partial charge in [-0.15, -0.1) is 11.8 Å². The van der Waals surface area contributed by atoms with Gasteiger partial charge < -0.3 is 14.7 Å². The lowest BCUT2D eigenvalue weighted by Gasteiger charge is -2.33. The number of amides is 1. The van der Waals surface area contributed by atoms with Crippen LogP contribution in [0.2, 0.25) is 0 Å². The molecule has 3 rings (SSSR count). The Hall–Kier alpha value is -1.53. The van der Waals surface area contributed by atoms with Crippen LogP contribution in [0.25, 0.3) is 0 Å². The highest BCUT2D eigenvalue weighted by atomic mass is 32.2. The second-order valence-corrected chi connectivity index (χ2v) is 8.27. The number of likely N-dealkylation sites (tertiary alicyclic amines) is 1. The van der Waals surface area contributed by atoms with Crippen molar-refractivity contribution in [1.82, 2.24) is 4.90 Å². The second-order valence-electron chi connectivity index (χ2n) is 7.10. The average molecular weight is 363 g/mol. The van der Waals surface area contributed by atoms with E-state index in [-0.39, 0.29) is 11.8 Å². The van der Waals surface area contributed by atoms with Gasteiger partial charge in [-0.1, -0.05) is 6.07 Å². The van der Waals surface area contributed by atoms with Gasteiger partial charge in [-0.05, 0) is 43.5 Å². The summed E-state index contributed by atoms with van der Waals surface area (Å²) < 4.78 is 5.44. The van der Waals surface area contributed by atoms with Gasteiger partial charge in [-0.2, -0.15) is 0 Å². The molecule has 2 aliphatic heterocycles. The molecule has 2 heterocycles. The lowest BCUT2D eigenvalue weighted by atomic mass is 9.74. The number of carbonyl (C=O) groups excluding carboxylic acids is 1. The molecule has 5 nitrogen and oxygen atoms in total. The van der Waals surface area contributed by atoms with Crippen molar-refractivity contribution in [1.29, 1.82) is 0 Å². The van der Waals surface area contributed by atoms with E-state index < -0.39 is 11.4 Å². The maximum atomic E-state index is 12.5. The quantitative estimate of drug-likeness (QED) is 0.815. The number of thioether (sulfide) groups is 1. The van der Waals surface area contributed by atoms with Gasteiger partial charge in [0.2, 0.25) is 5.91 Å². The minimum Gasteiger partial charge on any atom is -0.481 e. The summed E-state index contributed by atoms with van der Waals surface area (Å²) in [5.41, 5.74) is 1.71. The molecule has 2 fully saturated rings. The van der Waals surface area contributed by atoms with Crippen LogP contribution in [0.15, 0.2) is 23.1 Å². The predicted molar refractivity (Wildman–Crippen MR) is 96.8 cm³/mol. The fourth-order valence-corrected chi connectivity index (χ4v) is 4.64. The molecule has 0 radical (unpaired) electrons. The highest BCUT2D eigenvalue weighted by Gasteiger charge is 2.54. The van der Waals surface area contributed by atoms with Gasteiger partial charge >= 0.3 is 5.97 Å². The van der Waals surface area contributed by atoms with Crippen LogP contribution in [0, 0.1) is 25.2 Å². The first-order valence-corrected chi connectivity index (χ1v) is 9.70. The Balaban J connectivity index is 1.55. The number of hydrogen-bond donors (Lipinski definition) is 1. The molecule has 1 aromatic rings. The molecule has 25 heavy (non-hydrogen) atoms. The molecular formula is C19H25NO4S. The number of carboxylic acids is 1. The zero-order chi connectivity index (χ0) is 18.0. The monoisotopic (exact) mass is 363 g/mol. The van der Waals surface area contributed by atoms with Crippen LogP contribution in [-0.4, -0.2) is 53.9 Å². The van der Waals surface area contributed by atoms with E-state index in [1.165, 1.54) is 16.0 Å². The summed E-state index contributed by atoms with van der Waals surface area (Å²) >= 11 is 1.67. The van der Waals surface area contributed by atoms with Gasteiger partial charge in [0.15, 0.2) is 0 Å². The van der Waals surface area contributed by atoms with E-state index in [0.29, 0.717) is 44.9 Å². The van der Waals surface area contributed by atoms with Gasteiger partial charge in [-0.25, -0.2) is 0 Å². The van der Waals surface area contributed by atoms with Crippen LogP contribution >= 0.6 is 11.8 Å². The first kappa shape index (κ1) is 18.3. The molecule has 0 aromatic heterocycles. The number of rotatable bonds is 5. The van der Waals surface area contributed by atoms with Crippen molar-refractivity contribution < 1.29 is 19.4 Å². The normalized spacial score (nSPS) is 25.7. The third-order valence-corrected chi connectivity index (χ3v) is 6.54. The number of aliphatic carboxylic acids is 1. The van der Waals surface area contributed by atoms with Crippen LogP contribution in [0.5, 0.6) is 0 Å². The standard InChI is InChI=1S/C19H25NO4S/c1-13-3-4-16(9-14(13)2)25-8-5-17(21)20-10-15-11-24-7-6-19(15,12-20)18(22)23/h3-4,9,15H,5-8,10-12H2,1-2H3,(H,22,23)/t15-,19+/m0/s1. The lowest BCUT2D eigenvalue weighted by Crippen LogP contribution is -2.45. The smallest absolute Gasteiger partial charge is 0.311 e. The number of aryl methyl sites for hydroxylation is 2. The Morgan fingerprint density at radius 3 is 2.84 bits per heavy atom. The number of carboxylic acid groups (broad SMARTS) is 1. The highest BCUT2D eigenvalue weighted by Crippen LogP contribution is 2.42. The summed E-state index contributed by atoms with van der Waals surface area (Å²) in [6, 6.07) is 6.32. The van der Waals surface area contributed by atoms with E-state index in [1.54, 1.807) is 16.7 Å². The van der Waals surface area contributed by atoms with Gasteiger partial charge in [0.25, 0.3) is 0 Å². The maximum absolute atomic E-state index is 12.5. The molecule has 6 heteroatoms. The summed E-state index contributed by atoms with van der Waals surface area (Å²) in [5.74, 6) is -0.124. The first-order chi connectivity index (χ1) is 11.9. The molecule has 0 aliphatic carbocycles. The number of benzene rings is 1. The first-order valence-electron chi connectivity index (χ1n) is 8.71. The van der Waals surface area contributed by atoms with Crippen molar-refractivity contribution in [2.45, 2.75) is 31.6 Å². The minimum absolute atomic E-state index is 0.0476. The Bertz CT molecular complexity index is 677. The van der Waals surface area contributed by atoms with E-state index in [0.717, 1.165) is 0 Å². The zero-order valence-electron chi connectivity index (χ0n) is 14.8. The van der Waals surface area contributed by atoms with Gasteiger partial charge in [-0.3, -0.25) is 9.59 Å². The fourth-order valence-electron chi connectivity index (χ4n) is 3.71. The zero-order valence-corrected chi connectivity index (χ0v) is 15.6. The second kappa shape index (κ2) is 7.38. The Morgan fingerprint density at radius 2 is 2.16 bits per heavy atom. The Morgan fingerprint density at radius 1 is 1.36 bits per heavy atom. The molecule has 1 aromatic carbocycles. The summed E-state index contributed by atoms with van der Waals surface area (Å²) in [6.07, 6.45) is 0.926. The minimum atomic E-state index is -0.810. The van der Waals surface area contributed by atoms with Crippen molar-refractivity contribution in [3.8, 4) is 0 Å². The maximum Gasteiger partial charge on any atom is 0.311 e. The molecule has 1 amide bonds. The van der Waals surface area contributed by atoms with Crippen LogP contribution in [0.4, 0.5) is 0 Å². The Labute approximate surface area is 152 Å². The number of nitrogens with zero attached hydrogens (tertiary/aromatic N) is 1. The van der Waals surface area contributed by atoms with Crippen molar-refractivity contribution >= 4 is 23.6 Å². The third-order valence-electron chi connectivity index (χ3n) is 5.55. The van der Waals surface area contributed by atoms with Crippen molar-refractivity contribution in [3.63, 3.8) is 0 Å². The van der Waals surface area contributed by atoms with E-state index >= 15 is 0 Å². The molecule has 2 aliphatic rings. The van der Waals surface area contributed by atoms with Gasteiger partial charge in [0.05, 0.1) is 12.0 Å². The summed E-state index contributed by atoms with van der Waals surface area (Å²) in [7, 11) is 0. The van der Waals surface area contributed by atoms with Gasteiger partial charge in [0.1, 0.15) is 0 Å². The molecule has 0 bridgehead atoms. The molecule has 2 saturated heterocycles. The molecule has 0 spiro atoms. The van der Waals surface area contributed by atoms with E-state index in [4.69, 9.17) is 4.74 Å². The molecule has 2 atom stereocenters. The largest absolute Gasteiger partial charge is 0.481 e. The average Bonchev–Trinajstić information content (AvgIpc) is 2.99. The van der Waals surface area contributed by atoms with Crippen molar-refractivity contribution in [2.75, 3.05) is 32.1 Å². The van der Waals surface area contributed by atoms with Crippen LogP contribution in [0.3, 0.4) is 0 Å². The molecule has 1 N–H and O–H groups in total. The molecule has 0 unspecified atom stereocenters. The highest BCUT2D eigenvalue weighted by molar-refractivity contribution is 7.99. The number of ether oxygens (including phenoxy) is 1. The number of carbonyl (C=O) groups is 2. The van der Waals surface area contributed by atoms with Crippen molar-refractivity contribution in [2.24, 2.45) is 11.3 Å². The van der Waals surface area contributed by atoms with E-state index in [9.17, 15) is 14.7 Å². The lowest BCUT2D eigenvalue weighted by molar-refractivity contribution is -0.157. The van der Waals surface area contributed by atoms with Crippen LogP contribution in [-0.2, 0) is 14.3 Å². The van der Waals surface area contributed by atoms with Crippen molar-refractivity contribution in [3.05, 3.63) is 29.3 Å². The van der Waals surface area contributed by atoms with E-state index in [1.807, 2.05) is 0 Å². The number of hydrogen-bond acceptors (Lipinski definition) is 4. The van der Waals surface area contributed by atoms with Gasteiger partial charge in [0, 0.05) is 42.7 Å². The van der Waals surface area contributed by atoms with Crippen LogP contribution < -0.4 is 0 Å². The molecule has 136 valence electrons. The number of fused-ring (bicyclic) bond motifs is 1. The fraction of sp³-hybridized carbons (Fsp3) is 0.579. The third kappa shape index (κ3) is 3.70.